The molecule has 27 heavy (non-hydrogen) atoms. The number of ether oxygens (including phenoxy) is 1. The lowest BCUT2D eigenvalue weighted by Gasteiger charge is -2.22. The normalized spacial score (nSPS) is 13.7. The molecule has 0 aliphatic rings. The van der Waals surface area contributed by atoms with Gasteiger partial charge in [0.15, 0.2) is 0 Å². The predicted molar refractivity (Wildman–Crippen MR) is 112 cm³/mol. The lowest BCUT2D eigenvalue weighted by molar-refractivity contribution is 0.00651. The van der Waals surface area contributed by atoms with Crippen LogP contribution in [-0.4, -0.2) is 55.4 Å². The fourth-order valence-electron chi connectivity index (χ4n) is 3.07. The van der Waals surface area contributed by atoms with Gasteiger partial charge in [0.05, 0.1) is 12.7 Å². The SMILES string of the molecule is CCN(CC)CCNC[C@H](O)CO[C@@H](c1ccccc1)c1ccc(C)cc1. The maximum absolute atomic E-state index is 10.3. The number of aryl methyl sites for hydroxylation is 1. The zero-order valence-corrected chi connectivity index (χ0v) is 16.9. The standard InChI is InChI=1S/C23H34N2O2/c1-4-25(5-2)16-15-24-17-22(26)18-27-23(20-9-7-6-8-10-20)21-13-11-19(3)12-14-21/h6-14,22-24,26H,4-5,15-18H2,1-3H3/t22-,23-/m0/s1. The summed E-state index contributed by atoms with van der Waals surface area (Å²) in [5.74, 6) is 0. The Morgan fingerprint density at radius 1 is 0.963 bits per heavy atom. The summed E-state index contributed by atoms with van der Waals surface area (Å²) in [5.41, 5.74) is 3.43. The van der Waals surface area contributed by atoms with Crippen molar-refractivity contribution in [1.82, 2.24) is 10.2 Å². The number of nitrogens with zero attached hydrogens (tertiary/aromatic N) is 1. The number of hydrogen-bond acceptors (Lipinski definition) is 4. The van der Waals surface area contributed by atoms with E-state index in [1.807, 2.05) is 18.2 Å². The van der Waals surface area contributed by atoms with Crippen LogP contribution >= 0.6 is 0 Å². The lowest BCUT2D eigenvalue weighted by Crippen LogP contribution is -2.36. The third-order valence-electron chi connectivity index (χ3n) is 4.82. The van der Waals surface area contributed by atoms with E-state index in [1.54, 1.807) is 0 Å². The van der Waals surface area contributed by atoms with E-state index in [4.69, 9.17) is 4.74 Å². The van der Waals surface area contributed by atoms with Crippen molar-refractivity contribution in [3.63, 3.8) is 0 Å². The molecule has 4 nitrogen and oxygen atoms in total. The number of hydrogen-bond donors (Lipinski definition) is 2. The van der Waals surface area contributed by atoms with E-state index < -0.39 is 6.10 Å². The van der Waals surface area contributed by atoms with Crippen LogP contribution in [0.1, 0.15) is 36.6 Å². The first-order valence-electron chi connectivity index (χ1n) is 9.98. The van der Waals surface area contributed by atoms with E-state index in [1.165, 1.54) is 5.56 Å². The zero-order chi connectivity index (χ0) is 19.5. The Balaban J connectivity index is 1.87. The quantitative estimate of drug-likeness (QED) is 0.562. The van der Waals surface area contributed by atoms with E-state index >= 15 is 0 Å². The molecule has 2 aromatic rings. The minimum absolute atomic E-state index is 0.169. The molecule has 0 spiro atoms. The van der Waals surface area contributed by atoms with Crippen molar-refractivity contribution in [1.29, 1.82) is 0 Å². The molecular weight excluding hydrogens is 336 g/mol. The minimum atomic E-state index is -0.529. The lowest BCUT2D eigenvalue weighted by atomic mass is 10.0. The summed E-state index contributed by atoms with van der Waals surface area (Å²) in [6.07, 6.45) is -0.699. The Kier molecular flexibility index (Phi) is 9.50. The molecule has 0 unspecified atom stereocenters. The monoisotopic (exact) mass is 370 g/mol. The molecule has 2 aromatic carbocycles. The van der Waals surface area contributed by atoms with E-state index in [0.717, 1.165) is 37.3 Å². The van der Waals surface area contributed by atoms with Crippen molar-refractivity contribution < 1.29 is 9.84 Å². The molecule has 0 fully saturated rings. The van der Waals surface area contributed by atoms with E-state index in [0.29, 0.717) is 13.2 Å². The molecule has 0 amide bonds. The topological polar surface area (TPSA) is 44.7 Å². The van der Waals surface area contributed by atoms with E-state index in [2.05, 4.69) is 67.4 Å². The Morgan fingerprint density at radius 3 is 2.22 bits per heavy atom. The molecule has 4 heteroatoms. The van der Waals surface area contributed by atoms with Crippen molar-refractivity contribution >= 4 is 0 Å². The van der Waals surface area contributed by atoms with Gasteiger partial charge in [0.2, 0.25) is 0 Å². The number of rotatable bonds is 12. The van der Waals surface area contributed by atoms with Gasteiger partial charge in [-0.25, -0.2) is 0 Å². The molecule has 0 aliphatic heterocycles. The summed E-state index contributed by atoms with van der Waals surface area (Å²) in [6.45, 7) is 11.2. The molecular formula is C23H34N2O2. The van der Waals surface area contributed by atoms with Gasteiger partial charge >= 0.3 is 0 Å². The van der Waals surface area contributed by atoms with Gasteiger partial charge in [-0.2, -0.15) is 0 Å². The minimum Gasteiger partial charge on any atom is -0.389 e. The van der Waals surface area contributed by atoms with Gasteiger partial charge < -0.3 is 20.1 Å². The zero-order valence-electron chi connectivity index (χ0n) is 16.9. The van der Waals surface area contributed by atoms with E-state index in [-0.39, 0.29) is 6.10 Å². The predicted octanol–water partition coefficient (Wildman–Crippen LogP) is 3.39. The smallest absolute Gasteiger partial charge is 0.108 e. The van der Waals surface area contributed by atoms with Crippen molar-refractivity contribution in [2.75, 3.05) is 39.3 Å². The number of benzene rings is 2. The molecule has 0 radical (unpaired) electrons. The first kappa shape index (κ1) is 21.6. The average molecular weight is 371 g/mol. The molecule has 0 aliphatic carbocycles. The van der Waals surface area contributed by atoms with Gasteiger partial charge in [-0.3, -0.25) is 0 Å². The summed E-state index contributed by atoms with van der Waals surface area (Å²) >= 11 is 0. The highest BCUT2D eigenvalue weighted by Gasteiger charge is 2.16. The molecule has 2 atom stereocenters. The van der Waals surface area contributed by atoms with Crippen LogP contribution in [0.3, 0.4) is 0 Å². The number of aliphatic hydroxyl groups excluding tert-OH is 1. The highest BCUT2D eigenvalue weighted by molar-refractivity contribution is 5.31. The van der Waals surface area contributed by atoms with Crippen molar-refractivity contribution in [2.45, 2.75) is 33.0 Å². The largest absolute Gasteiger partial charge is 0.389 e. The van der Waals surface area contributed by atoms with Gasteiger partial charge in [0.25, 0.3) is 0 Å². The Hall–Kier alpha value is -1.72. The molecule has 2 rings (SSSR count). The molecule has 0 heterocycles. The van der Waals surface area contributed by atoms with Gasteiger partial charge in [-0.1, -0.05) is 74.0 Å². The second-order valence-electron chi connectivity index (χ2n) is 6.92. The van der Waals surface area contributed by atoms with Crippen molar-refractivity contribution in [3.8, 4) is 0 Å². The first-order valence-corrected chi connectivity index (χ1v) is 9.98. The number of aliphatic hydroxyl groups is 1. The van der Waals surface area contributed by atoms with Crippen LogP contribution in [0.5, 0.6) is 0 Å². The summed E-state index contributed by atoms with van der Waals surface area (Å²) in [6, 6.07) is 18.6. The average Bonchev–Trinajstić information content (AvgIpc) is 2.70. The number of likely N-dealkylation sites (N-methyl/N-ethyl adjacent to an activating group) is 1. The van der Waals surface area contributed by atoms with Crippen LogP contribution in [-0.2, 0) is 4.74 Å². The van der Waals surface area contributed by atoms with Gasteiger partial charge in [-0.05, 0) is 31.1 Å². The third kappa shape index (κ3) is 7.43. The van der Waals surface area contributed by atoms with Crippen molar-refractivity contribution in [2.24, 2.45) is 0 Å². The van der Waals surface area contributed by atoms with Crippen LogP contribution in [0.4, 0.5) is 0 Å². The summed E-state index contributed by atoms with van der Waals surface area (Å²) in [5, 5.41) is 13.6. The van der Waals surface area contributed by atoms with E-state index in [9.17, 15) is 5.11 Å². The van der Waals surface area contributed by atoms with Crippen LogP contribution in [0.2, 0.25) is 0 Å². The second kappa shape index (κ2) is 11.9. The van der Waals surface area contributed by atoms with Crippen LogP contribution in [0.25, 0.3) is 0 Å². The molecule has 0 saturated heterocycles. The molecule has 2 N–H and O–H groups in total. The molecule has 0 bridgehead atoms. The Morgan fingerprint density at radius 2 is 1.59 bits per heavy atom. The van der Waals surface area contributed by atoms with Gasteiger partial charge in [0, 0.05) is 19.6 Å². The Bertz CT molecular complexity index is 627. The van der Waals surface area contributed by atoms with Crippen LogP contribution in [0, 0.1) is 6.92 Å². The fraction of sp³-hybridized carbons (Fsp3) is 0.478. The Labute approximate surface area is 164 Å². The van der Waals surface area contributed by atoms with Crippen molar-refractivity contribution in [3.05, 3.63) is 71.3 Å². The highest BCUT2D eigenvalue weighted by Crippen LogP contribution is 2.26. The third-order valence-corrected chi connectivity index (χ3v) is 4.82. The summed E-state index contributed by atoms with van der Waals surface area (Å²) < 4.78 is 6.14. The molecule has 0 saturated carbocycles. The summed E-state index contributed by atoms with van der Waals surface area (Å²) in [4.78, 5) is 2.36. The number of nitrogens with one attached hydrogen (secondary N) is 1. The molecule has 148 valence electrons. The maximum atomic E-state index is 10.3. The second-order valence-corrected chi connectivity index (χ2v) is 6.92. The first-order chi connectivity index (χ1) is 13.1. The van der Waals surface area contributed by atoms with Gasteiger partial charge in [-0.15, -0.1) is 0 Å². The van der Waals surface area contributed by atoms with Crippen LogP contribution < -0.4 is 5.32 Å². The summed E-state index contributed by atoms with van der Waals surface area (Å²) in [7, 11) is 0. The van der Waals surface area contributed by atoms with Crippen LogP contribution in [0.15, 0.2) is 54.6 Å². The highest BCUT2D eigenvalue weighted by atomic mass is 16.5. The maximum Gasteiger partial charge on any atom is 0.108 e. The molecule has 0 aromatic heterocycles. The van der Waals surface area contributed by atoms with Gasteiger partial charge in [0.1, 0.15) is 6.10 Å². The fourth-order valence-corrected chi connectivity index (χ4v) is 3.07.